The van der Waals surface area contributed by atoms with Crippen LogP contribution in [0.1, 0.15) is 38.3 Å². The Kier molecular flexibility index (Phi) is 6.57. The fourth-order valence-corrected chi connectivity index (χ4v) is 1.82. The topological polar surface area (TPSA) is 41.1 Å². The molecule has 0 saturated heterocycles. The van der Waals surface area contributed by atoms with Crippen LogP contribution < -0.4 is 10.6 Å². The highest BCUT2D eigenvalue weighted by molar-refractivity contribution is 5.81. The molecule has 0 aromatic heterocycles. The van der Waals surface area contributed by atoms with Crippen LogP contribution in [-0.2, 0) is 11.3 Å². The standard InChI is InChI=1S/C16H26N2O/c1-12(2)8-9-17-16(19)14(4)18-11-15-7-5-6-13(3)10-15/h5-7,10,12,14,18H,8-9,11H2,1-4H3,(H,17,19). The first-order chi connectivity index (χ1) is 8.99. The summed E-state index contributed by atoms with van der Waals surface area (Å²) < 4.78 is 0. The van der Waals surface area contributed by atoms with Gasteiger partial charge in [-0.15, -0.1) is 0 Å². The molecule has 1 aromatic rings. The van der Waals surface area contributed by atoms with Gasteiger partial charge in [0.2, 0.25) is 5.91 Å². The summed E-state index contributed by atoms with van der Waals surface area (Å²) in [6.07, 6.45) is 1.02. The summed E-state index contributed by atoms with van der Waals surface area (Å²) in [4.78, 5) is 11.8. The van der Waals surface area contributed by atoms with Gasteiger partial charge in [0.15, 0.2) is 0 Å². The predicted molar refractivity (Wildman–Crippen MR) is 79.9 cm³/mol. The van der Waals surface area contributed by atoms with Gasteiger partial charge in [0.1, 0.15) is 0 Å². The summed E-state index contributed by atoms with van der Waals surface area (Å²) in [6.45, 7) is 9.77. The molecule has 1 rings (SSSR count). The molecule has 0 radical (unpaired) electrons. The Balaban J connectivity index is 2.30. The van der Waals surface area contributed by atoms with Crippen molar-refractivity contribution in [1.82, 2.24) is 10.6 Å². The van der Waals surface area contributed by atoms with Gasteiger partial charge in [0, 0.05) is 13.1 Å². The first kappa shape index (κ1) is 15.7. The highest BCUT2D eigenvalue weighted by Gasteiger charge is 2.11. The monoisotopic (exact) mass is 262 g/mol. The van der Waals surface area contributed by atoms with Gasteiger partial charge in [0.25, 0.3) is 0 Å². The summed E-state index contributed by atoms with van der Waals surface area (Å²) in [7, 11) is 0. The Morgan fingerprint density at radius 2 is 2.00 bits per heavy atom. The number of aryl methyl sites for hydroxylation is 1. The zero-order chi connectivity index (χ0) is 14.3. The molecule has 0 aliphatic carbocycles. The van der Waals surface area contributed by atoms with Crippen LogP contribution in [-0.4, -0.2) is 18.5 Å². The predicted octanol–water partition coefficient (Wildman–Crippen LogP) is 2.64. The fraction of sp³-hybridized carbons (Fsp3) is 0.562. The summed E-state index contributed by atoms with van der Waals surface area (Å²) in [6, 6.07) is 8.16. The van der Waals surface area contributed by atoms with E-state index in [2.05, 4.69) is 49.6 Å². The number of benzene rings is 1. The van der Waals surface area contributed by atoms with Crippen molar-refractivity contribution >= 4 is 5.91 Å². The fourth-order valence-electron chi connectivity index (χ4n) is 1.82. The van der Waals surface area contributed by atoms with Gasteiger partial charge < -0.3 is 10.6 Å². The van der Waals surface area contributed by atoms with Crippen molar-refractivity contribution in [2.45, 2.75) is 46.7 Å². The third-order valence-corrected chi connectivity index (χ3v) is 3.11. The third kappa shape index (κ3) is 6.39. The van der Waals surface area contributed by atoms with Crippen LogP contribution in [0.25, 0.3) is 0 Å². The molecular weight excluding hydrogens is 236 g/mol. The normalized spacial score (nSPS) is 12.5. The van der Waals surface area contributed by atoms with E-state index in [4.69, 9.17) is 0 Å². The number of carbonyl (C=O) groups is 1. The molecule has 0 saturated carbocycles. The van der Waals surface area contributed by atoms with Crippen LogP contribution in [0.15, 0.2) is 24.3 Å². The smallest absolute Gasteiger partial charge is 0.236 e. The molecular formula is C16H26N2O. The van der Waals surface area contributed by atoms with Crippen molar-refractivity contribution in [2.24, 2.45) is 5.92 Å². The average molecular weight is 262 g/mol. The zero-order valence-electron chi connectivity index (χ0n) is 12.5. The van der Waals surface area contributed by atoms with Crippen LogP contribution in [0, 0.1) is 12.8 Å². The Hall–Kier alpha value is -1.35. The maximum absolute atomic E-state index is 11.8. The highest BCUT2D eigenvalue weighted by Crippen LogP contribution is 2.03. The summed E-state index contributed by atoms with van der Waals surface area (Å²) in [5, 5.41) is 6.21. The van der Waals surface area contributed by atoms with Crippen LogP contribution in [0.3, 0.4) is 0 Å². The summed E-state index contributed by atoms with van der Waals surface area (Å²) >= 11 is 0. The SMILES string of the molecule is Cc1cccc(CNC(C)C(=O)NCCC(C)C)c1. The Labute approximate surface area is 116 Å². The number of amides is 1. The lowest BCUT2D eigenvalue weighted by atomic mass is 10.1. The maximum Gasteiger partial charge on any atom is 0.236 e. The molecule has 1 aromatic carbocycles. The molecule has 19 heavy (non-hydrogen) atoms. The van der Waals surface area contributed by atoms with Gasteiger partial charge in [-0.05, 0) is 31.7 Å². The second-order valence-corrected chi connectivity index (χ2v) is 5.57. The van der Waals surface area contributed by atoms with Gasteiger partial charge in [-0.2, -0.15) is 0 Å². The average Bonchev–Trinajstić information content (AvgIpc) is 2.35. The molecule has 0 aliphatic heterocycles. The van der Waals surface area contributed by atoms with E-state index in [1.165, 1.54) is 11.1 Å². The van der Waals surface area contributed by atoms with E-state index < -0.39 is 0 Å². The van der Waals surface area contributed by atoms with Crippen molar-refractivity contribution in [2.75, 3.05) is 6.54 Å². The number of rotatable bonds is 7. The molecule has 1 atom stereocenters. The van der Waals surface area contributed by atoms with E-state index in [0.717, 1.165) is 19.5 Å². The van der Waals surface area contributed by atoms with Gasteiger partial charge in [-0.1, -0.05) is 43.7 Å². The minimum absolute atomic E-state index is 0.0771. The molecule has 1 amide bonds. The Morgan fingerprint density at radius 1 is 1.26 bits per heavy atom. The lowest BCUT2D eigenvalue weighted by Crippen LogP contribution is -2.42. The van der Waals surface area contributed by atoms with E-state index in [0.29, 0.717) is 5.92 Å². The Bertz CT molecular complexity index is 401. The minimum atomic E-state index is -0.160. The lowest BCUT2D eigenvalue weighted by molar-refractivity contribution is -0.122. The van der Waals surface area contributed by atoms with Gasteiger partial charge in [0.05, 0.1) is 6.04 Å². The van der Waals surface area contributed by atoms with Crippen molar-refractivity contribution in [3.8, 4) is 0 Å². The molecule has 1 unspecified atom stereocenters. The molecule has 0 spiro atoms. The van der Waals surface area contributed by atoms with Crippen LogP contribution in [0.5, 0.6) is 0 Å². The minimum Gasteiger partial charge on any atom is -0.355 e. The maximum atomic E-state index is 11.8. The second-order valence-electron chi connectivity index (χ2n) is 5.57. The van der Waals surface area contributed by atoms with Crippen molar-refractivity contribution in [3.05, 3.63) is 35.4 Å². The molecule has 3 heteroatoms. The molecule has 3 nitrogen and oxygen atoms in total. The third-order valence-electron chi connectivity index (χ3n) is 3.11. The van der Waals surface area contributed by atoms with E-state index in [9.17, 15) is 4.79 Å². The molecule has 2 N–H and O–H groups in total. The number of hydrogen-bond donors (Lipinski definition) is 2. The first-order valence-corrected chi connectivity index (χ1v) is 7.05. The highest BCUT2D eigenvalue weighted by atomic mass is 16.2. The van der Waals surface area contributed by atoms with Crippen molar-refractivity contribution in [3.63, 3.8) is 0 Å². The molecule has 0 bridgehead atoms. The van der Waals surface area contributed by atoms with Gasteiger partial charge in [-0.25, -0.2) is 0 Å². The first-order valence-electron chi connectivity index (χ1n) is 7.05. The van der Waals surface area contributed by atoms with E-state index in [-0.39, 0.29) is 11.9 Å². The lowest BCUT2D eigenvalue weighted by Gasteiger charge is -2.15. The van der Waals surface area contributed by atoms with Crippen molar-refractivity contribution < 1.29 is 4.79 Å². The summed E-state index contributed by atoms with van der Waals surface area (Å²) in [5.41, 5.74) is 2.45. The largest absolute Gasteiger partial charge is 0.355 e. The van der Waals surface area contributed by atoms with Gasteiger partial charge in [-0.3, -0.25) is 4.79 Å². The molecule has 0 heterocycles. The molecule has 106 valence electrons. The number of nitrogens with one attached hydrogen (secondary N) is 2. The quantitative estimate of drug-likeness (QED) is 0.793. The summed E-state index contributed by atoms with van der Waals surface area (Å²) in [5.74, 6) is 0.698. The van der Waals surface area contributed by atoms with E-state index in [1.807, 2.05) is 13.0 Å². The van der Waals surface area contributed by atoms with E-state index in [1.54, 1.807) is 0 Å². The van der Waals surface area contributed by atoms with Crippen LogP contribution >= 0.6 is 0 Å². The van der Waals surface area contributed by atoms with Crippen molar-refractivity contribution in [1.29, 1.82) is 0 Å². The Morgan fingerprint density at radius 3 is 2.63 bits per heavy atom. The van der Waals surface area contributed by atoms with Crippen LogP contribution in [0.4, 0.5) is 0 Å². The second kappa shape index (κ2) is 7.95. The van der Waals surface area contributed by atoms with Crippen LogP contribution in [0.2, 0.25) is 0 Å². The van der Waals surface area contributed by atoms with E-state index >= 15 is 0 Å². The number of hydrogen-bond acceptors (Lipinski definition) is 2. The molecule has 0 fully saturated rings. The zero-order valence-corrected chi connectivity index (χ0v) is 12.5. The number of carbonyl (C=O) groups excluding carboxylic acids is 1. The molecule has 0 aliphatic rings. The van der Waals surface area contributed by atoms with Gasteiger partial charge >= 0.3 is 0 Å².